The Hall–Kier alpha value is -0.910. The predicted molar refractivity (Wildman–Crippen MR) is 81.3 cm³/mol. The van der Waals surface area contributed by atoms with E-state index in [1.165, 1.54) is 4.31 Å². The largest absolute Gasteiger partial charge is 0.317 e. The zero-order valence-corrected chi connectivity index (χ0v) is 13.1. The van der Waals surface area contributed by atoms with Gasteiger partial charge in [0.05, 0.1) is 4.90 Å². The molecule has 0 heterocycles. The zero-order chi connectivity index (χ0) is 14.6. The SMILES string of the molecule is CCNCCc1ccc(S(=O)(=O)N(C)C2CCC2)cc1. The lowest BCUT2D eigenvalue weighted by atomic mass is 9.94. The van der Waals surface area contributed by atoms with Crippen LogP contribution >= 0.6 is 0 Å². The molecule has 2 rings (SSSR count). The first-order valence-corrected chi connectivity index (χ1v) is 8.77. The van der Waals surface area contributed by atoms with Crippen LogP contribution in [-0.4, -0.2) is 38.9 Å². The van der Waals surface area contributed by atoms with Gasteiger partial charge in [0.1, 0.15) is 0 Å². The van der Waals surface area contributed by atoms with Crippen molar-refractivity contribution in [1.82, 2.24) is 9.62 Å². The van der Waals surface area contributed by atoms with Crippen LogP contribution in [0.15, 0.2) is 29.2 Å². The minimum atomic E-state index is -3.32. The van der Waals surface area contributed by atoms with Gasteiger partial charge >= 0.3 is 0 Å². The van der Waals surface area contributed by atoms with Gasteiger partial charge in [-0.05, 0) is 50.0 Å². The number of hydrogen-bond acceptors (Lipinski definition) is 3. The average Bonchev–Trinajstić information content (AvgIpc) is 2.37. The van der Waals surface area contributed by atoms with Gasteiger partial charge in [0.25, 0.3) is 0 Å². The summed E-state index contributed by atoms with van der Waals surface area (Å²) in [6, 6.07) is 7.48. The molecule has 1 saturated carbocycles. The Bertz CT molecular complexity index is 521. The maximum Gasteiger partial charge on any atom is 0.243 e. The number of likely N-dealkylation sites (N-methyl/N-ethyl adjacent to an activating group) is 1. The molecule has 0 bridgehead atoms. The van der Waals surface area contributed by atoms with Crippen LogP contribution in [0.2, 0.25) is 0 Å². The van der Waals surface area contributed by atoms with E-state index < -0.39 is 10.0 Å². The Kier molecular flexibility index (Phi) is 5.18. The third-order valence-corrected chi connectivity index (χ3v) is 5.95. The molecule has 1 aromatic carbocycles. The van der Waals surface area contributed by atoms with Crippen LogP contribution in [0.5, 0.6) is 0 Å². The maximum absolute atomic E-state index is 12.5. The van der Waals surface area contributed by atoms with Crippen molar-refractivity contribution in [2.45, 2.75) is 43.5 Å². The van der Waals surface area contributed by atoms with Crippen LogP contribution in [0, 0.1) is 0 Å². The van der Waals surface area contributed by atoms with Gasteiger partial charge in [0.2, 0.25) is 10.0 Å². The fourth-order valence-corrected chi connectivity index (χ4v) is 3.77. The lowest BCUT2D eigenvalue weighted by Crippen LogP contribution is -2.41. The smallest absolute Gasteiger partial charge is 0.243 e. The summed E-state index contributed by atoms with van der Waals surface area (Å²) in [5.41, 5.74) is 1.16. The van der Waals surface area contributed by atoms with Crippen LogP contribution < -0.4 is 5.32 Å². The second kappa shape index (κ2) is 6.70. The third-order valence-electron chi connectivity index (χ3n) is 4.03. The summed E-state index contributed by atoms with van der Waals surface area (Å²) in [7, 11) is -1.63. The van der Waals surface area contributed by atoms with Gasteiger partial charge < -0.3 is 5.32 Å². The van der Waals surface area contributed by atoms with Gasteiger partial charge in [-0.25, -0.2) is 8.42 Å². The molecule has 112 valence electrons. The summed E-state index contributed by atoms with van der Waals surface area (Å²) in [5.74, 6) is 0. The molecule has 5 heteroatoms. The second-order valence-corrected chi connectivity index (χ2v) is 7.35. The number of nitrogens with one attached hydrogen (secondary N) is 1. The molecule has 1 fully saturated rings. The van der Waals surface area contributed by atoms with Gasteiger partial charge in [0, 0.05) is 13.1 Å². The second-order valence-electron chi connectivity index (χ2n) is 5.35. The molecule has 1 N–H and O–H groups in total. The molecule has 0 aromatic heterocycles. The number of nitrogens with zero attached hydrogens (tertiary/aromatic N) is 1. The van der Waals surface area contributed by atoms with Gasteiger partial charge in [-0.15, -0.1) is 0 Å². The highest BCUT2D eigenvalue weighted by Crippen LogP contribution is 2.28. The minimum absolute atomic E-state index is 0.188. The van der Waals surface area contributed by atoms with E-state index in [4.69, 9.17) is 0 Å². The minimum Gasteiger partial charge on any atom is -0.317 e. The topological polar surface area (TPSA) is 49.4 Å². The van der Waals surface area contributed by atoms with Crippen molar-refractivity contribution >= 4 is 10.0 Å². The van der Waals surface area contributed by atoms with Crippen molar-refractivity contribution < 1.29 is 8.42 Å². The van der Waals surface area contributed by atoms with E-state index in [-0.39, 0.29) is 6.04 Å². The molecule has 1 aliphatic rings. The number of benzene rings is 1. The van der Waals surface area contributed by atoms with Gasteiger partial charge in [-0.3, -0.25) is 0 Å². The summed E-state index contributed by atoms with van der Waals surface area (Å²) < 4.78 is 26.4. The molecule has 0 spiro atoms. The Morgan fingerprint density at radius 3 is 2.40 bits per heavy atom. The van der Waals surface area contributed by atoms with E-state index in [1.54, 1.807) is 19.2 Å². The average molecular weight is 296 g/mol. The fraction of sp³-hybridized carbons (Fsp3) is 0.600. The Balaban J connectivity index is 2.04. The number of sulfonamides is 1. The summed E-state index contributed by atoms with van der Waals surface area (Å²) in [6.45, 7) is 3.95. The van der Waals surface area contributed by atoms with Gasteiger partial charge in [-0.2, -0.15) is 4.31 Å². The van der Waals surface area contributed by atoms with E-state index >= 15 is 0 Å². The molecule has 1 aromatic rings. The summed E-state index contributed by atoms with van der Waals surface area (Å²) in [5, 5.41) is 3.26. The highest BCUT2D eigenvalue weighted by molar-refractivity contribution is 7.89. The van der Waals surface area contributed by atoms with E-state index in [1.807, 2.05) is 12.1 Å². The molecule has 0 radical (unpaired) electrons. The van der Waals surface area contributed by atoms with E-state index in [0.717, 1.165) is 44.3 Å². The molecule has 0 aliphatic heterocycles. The molecular weight excluding hydrogens is 272 g/mol. The summed E-state index contributed by atoms with van der Waals surface area (Å²) in [6.07, 6.45) is 4.02. The molecule has 4 nitrogen and oxygen atoms in total. The lowest BCUT2D eigenvalue weighted by molar-refractivity contribution is 0.249. The fourth-order valence-electron chi connectivity index (χ4n) is 2.35. The molecular formula is C15H24N2O2S. The third kappa shape index (κ3) is 3.40. The molecule has 0 saturated heterocycles. The highest BCUT2D eigenvalue weighted by Gasteiger charge is 2.31. The van der Waals surface area contributed by atoms with Gasteiger partial charge in [-0.1, -0.05) is 25.5 Å². The lowest BCUT2D eigenvalue weighted by Gasteiger charge is -2.33. The Morgan fingerprint density at radius 2 is 1.90 bits per heavy atom. The normalized spacial score (nSPS) is 16.4. The molecule has 0 unspecified atom stereocenters. The Labute approximate surface area is 122 Å². The van der Waals surface area contributed by atoms with Crippen molar-refractivity contribution in [2.24, 2.45) is 0 Å². The van der Waals surface area contributed by atoms with Crippen LogP contribution in [0.4, 0.5) is 0 Å². The van der Waals surface area contributed by atoms with Crippen molar-refractivity contribution in [3.63, 3.8) is 0 Å². The zero-order valence-electron chi connectivity index (χ0n) is 12.3. The molecule has 20 heavy (non-hydrogen) atoms. The first kappa shape index (κ1) is 15.5. The predicted octanol–water partition coefficient (Wildman–Crippen LogP) is 2.01. The van der Waals surface area contributed by atoms with Crippen LogP contribution in [0.25, 0.3) is 0 Å². The Morgan fingerprint density at radius 1 is 1.25 bits per heavy atom. The van der Waals surface area contributed by atoms with Crippen LogP contribution in [0.1, 0.15) is 31.7 Å². The number of rotatable bonds is 7. The van der Waals surface area contributed by atoms with Crippen LogP contribution in [0.3, 0.4) is 0 Å². The van der Waals surface area contributed by atoms with E-state index in [2.05, 4.69) is 12.2 Å². The summed E-state index contributed by atoms with van der Waals surface area (Å²) >= 11 is 0. The molecule has 1 aliphatic carbocycles. The van der Waals surface area contributed by atoms with Crippen molar-refractivity contribution in [3.05, 3.63) is 29.8 Å². The maximum atomic E-state index is 12.5. The van der Waals surface area contributed by atoms with Crippen LogP contribution in [-0.2, 0) is 16.4 Å². The van der Waals surface area contributed by atoms with E-state index in [0.29, 0.717) is 4.90 Å². The first-order valence-electron chi connectivity index (χ1n) is 7.33. The first-order chi connectivity index (χ1) is 9.55. The van der Waals surface area contributed by atoms with Crippen molar-refractivity contribution in [1.29, 1.82) is 0 Å². The standard InChI is InChI=1S/C15H24N2O2S/c1-3-16-12-11-13-7-9-15(10-8-13)20(18,19)17(2)14-5-4-6-14/h7-10,14,16H,3-6,11-12H2,1-2H3. The van der Waals surface area contributed by atoms with Crippen molar-refractivity contribution in [3.8, 4) is 0 Å². The highest BCUT2D eigenvalue weighted by atomic mass is 32.2. The molecule has 0 amide bonds. The molecule has 0 atom stereocenters. The summed E-state index contributed by atoms with van der Waals surface area (Å²) in [4.78, 5) is 0.402. The van der Waals surface area contributed by atoms with Crippen molar-refractivity contribution in [2.75, 3.05) is 20.1 Å². The quantitative estimate of drug-likeness (QED) is 0.783. The monoisotopic (exact) mass is 296 g/mol. The number of hydrogen-bond donors (Lipinski definition) is 1. The van der Waals surface area contributed by atoms with E-state index in [9.17, 15) is 8.42 Å². The van der Waals surface area contributed by atoms with Gasteiger partial charge in [0.15, 0.2) is 0 Å².